The topological polar surface area (TPSA) is 454 Å². The molecule has 0 unspecified atom stereocenters. The molecule has 3 rings (SSSR count). The lowest BCUT2D eigenvalue weighted by molar-refractivity contribution is -0.149. The predicted octanol–water partition coefficient (Wildman–Crippen LogP) is 2.62. The molecule has 2 aromatic rings. The number of rotatable bonds is 64. The molecule has 1 aliphatic heterocycles. The van der Waals surface area contributed by atoms with E-state index in [2.05, 4.69) is 42.2 Å². The standard InChI is InChI=1S/C77H125N11O25S/c1-14-52(4)69(85-76(102)77(8,9)86(10)11)75(101)87(12)61(51(2)3)48-63(113-55(7)89)74-84-60(50-114-74)73(100)81-57(21-25-68(95)96)46-56-20-22-62(90)59(47-56)83-71(98)54(6)79-70(97)53(5)80-72(99)58(82-64(91)19-17-27-88-66(93)23-24-67(88)94)18-15-16-26-78-65(92)49-112-45-44-111-43-42-110-41-40-109-39-38-108-37-36-107-35-34-106-33-32-105-31-30-104-29-28-103-13/h20,22-24,47,50-54,57-58,61,63,69,90H,14-19,21,25-46,48-49H2,1-13H3,(H,78,92)(H,79,97)(H,80,99)(H,81,100)(H,82,91)(H,83,98)(H,85,102)(H,95,96)/t52-,53-,54-,57+,58-,61+,63+,69-/m0/s1. The number of aliphatic carboxylic acids is 1. The zero-order valence-corrected chi connectivity index (χ0v) is 69.4. The lowest BCUT2D eigenvalue weighted by atomic mass is 9.92. The second-order valence-electron chi connectivity index (χ2n) is 28.2. The average molecular weight is 1640 g/mol. The summed E-state index contributed by atoms with van der Waals surface area (Å²) in [4.78, 5) is 166. The molecule has 1 aliphatic rings. The second-order valence-corrected chi connectivity index (χ2v) is 29.1. The van der Waals surface area contributed by atoms with Gasteiger partial charge in [0.1, 0.15) is 47.2 Å². The number of unbranched alkanes of at least 4 members (excludes halogenated alkanes) is 1. The summed E-state index contributed by atoms with van der Waals surface area (Å²) in [6.45, 7) is 22.3. The van der Waals surface area contributed by atoms with Gasteiger partial charge < -0.3 is 104 Å². The first kappa shape index (κ1) is 100.0. The monoisotopic (exact) mass is 1640 g/mol. The van der Waals surface area contributed by atoms with Gasteiger partial charge in [-0.05, 0) is 110 Å². The number of imide groups is 1. The molecule has 0 saturated heterocycles. The Kier molecular flexibility index (Phi) is 49.2. The van der Waals surface area contributed by atoms with Gasteiger partial charge in [-0.1, -0.05) is 40.2 Å². The maximum absolute atomic E-state index is 14.4. The van der Waals surface area contributed by atoms with Crippen molar-refractivity contribution in [1.29, 1.82) is 0 Å². The number of carbonyl (C=O) groups is 12. The van der Waals surface area contributed by atoms with Crippen molar-refractivity contribution < 1.29 is 120 Å². The van der Waals surface area contributed by atoms with E-state index in [1.165, 1.54) is 44.4 Å². The van der Waals surface area contributed by atoms with Crippen molar-refractivity contribution in [3.05, 3.63) is 52.0 Å². The minimum absolute atomic E-state index is 0.0107. The Bertz CT molecular complexity index is 3310. The number of esters is 1. The number of phenolic OH excluding ortho intramolecular Hbond substituents is 1. The summed E-state index contributed by atoms with van der Waals surface area (Å²) in [6.07, 6.45) is 2.10. The molecule has 8 atom stereocenters. The minimum Gasteiger partial charge on any atom is -0.506 e. The van der Waals surface area contributed by atoms with Crippen LogP contribution >= 0.6 is 11.3 Å². The first-order valence-corrected chi connectivity index (χ1v) is 39.6. The van der Waals surface area contributed by atoms with Crippen LogP contribution in [0.25, 0.3) is 0 Å². The molecule has 9 N–H and O–H groups in total. The molecule has 0 fully saturated rings. The third-order valence-corrected chi connectivity index (χ3v) is 19.4. The van der Waals surface area contributed by atoms with Crippen molar-refractivity contribution in [1.82, 2.24) is 51.6 Å². The van der Waals surface area contributed by atoms with Crippen LogP contribution in [-0.2, 0) is 111 Å². The fourth-order valence-corrected chi connectivity index (χ4v) is 11.8. The van der Waals surface area contributed by atoms with Crippen molar-refractivity contribution in [3.63, 3.8) is 0 Å². The van der Waals surface area contributed by atoms with Crippen LogP contribution in [0.4, 0.5) is 5.69 Å². The number of aromatic nitrogens is 1. The Balaban J connectivity index is 1.50. The highest BCUT2D eigenvalue weighted by Gasteiger charge is 2.39. The summed E-state index contributed by atoms with van der Waals surface area (Å²) >= 11 is 1.04. The van der Waals surface area contributed by atoms with Crippen molar-refractivity contribution >= 4 is 88.0 Å². The highest BCUT2D eigenvalue weighted by atomic mass is 32.1. The van der Waals surface area contributed by atoms with E-state index in [4.69, 9.17) is 52.1 Å². The first-order valence-electron chi connectivity index (χ1n) is 38.7. The molecule has 0 radical (unpaired) electrons. The maximum atomic E-state index is 14.4. The number of hydrogen-bond acceptors (Lipinski definition) is 27. The molecule has 644 valence electrons. The van der Waals surface area contributed by atoms with Gasteiger partial charge in [-0.25, -0.2) is 4.98 Å². The summed E-state index contributed by atoms with van der Waals surface area (Å²) in [5.41, 5.74) is -0.666. The van der Waals surface area contributed by atoms with E-state index in [1.807, 2.05) is 27.7 Å². The fourth-order valence-electron chi connectivity index (χ4n) is 10.9. The number of carboxylic acid groups (broad SMARTS) is 1. The molecule has 114 heavy (non-hydrogen) atoms. The van der Waals surface area contributed by atoms with Crippen LogP contribution in [0.3, 0.4) is 0 Å². The van der Waals surface area contributed by atoms with E-state index in [-0.39, 0.29) is 124 Å². The van der Waals surface area contributed by atoms with Gasteiger partial charge in [-0.2, -0.15) is 0 Å². The molecule has 0 spiro atoms. The molecular formula is C77H125N11O25S. The van der Waals surface area contributed by atoms with Gasteiger partial charge in [-0.3, -0.25) is 67.3 Å². The zero-order valence-electron chi connectivity index (χ0n) is 68.6. The van der Waals surface area contributed by atoms with Gasteiger partial charge in [0.15, 0.2) is 6.10 Å². The number of hydrogen-bond donors (Lipinski definition) is 9. The van der Waals surface area contributed by atoms with Gasteiger partial charge in [0, 0.05) is 83.0 Å². The summed E-state index contributed by atoms with van der Waals surface area (Å²) in [6, 6.07) is -1.83. The molecule has 36 nitrogen and oxygen atoms in total. The maximum Gasteiger partial charge on any atom is 0.303 e. The number of ether oxygens (including phenoxy) is 11. The number of thiazole rings is 1. The Morgan fingerprint density at radius 3 is 1.67 bits per heavy atom. The van der Waals surface area contributed by atoms with Gasteiger partial charge in [0.05, 0.1) is 130 Å². The van der Waals surface area contributed by atoms with Gasteiger partial charge >= 0.3 is 11.9 Å². The van der Waals surface area contributed by atoms with Crippen LogP contribution in [0.1, 0.15) is 147 Å². The van der Waals surface area contributed by atoms with Gasteiger partial charge in [0.2, 0.25) is 41.4 Å². The number of anilines is 1. The number of nitrogens with one attached hydrogen (secondary N) is 7. The van der Waals surface area contributed by atoms with Crippen LogP contribution in [0.5, 0.6) is 5.75 Å². The second kappa shape index (κ2) is 56.1. The molecule has 0 bridgehead atoms. The first-order chi connectivity index (χ1) is 54.3. The number of likely N-dealkylation sites (N-methyl/N-ethyl adjacent to an activating group) is 2. The number of phenols is 1. The Hall–Kier alpha value is -8.21. The van der Waals surface area contributed by atoms with Gasteiger partial charge in [0.25, 0.3) is 17.7 Å². The molecule has 37 heteroatoms. The number of aromatic hydroxyl groups is 1. The number of nitrogens with zero attached hydrogens (tertiary/aromatic N) is 4. The number of carbonyl (C=O) groups excluding carboxylic acids is 11. The summed E-state index contributed by atoms with van der Waals surface area (Å²) < 4.78 is 59.9. The largest absolute Gasteiger partial charge is 0.506 e. The number of benzene rings is 1. The van der Waals surface area contributed by atoms with Crippen LogP contribution < -0.4 is 37.2 Å². The third kappa shape index (κ3) is 39.9. The van der Waals surface area contributed by atoms with Crippen molar-refractivity contribution in [2.75, 3.05) is 172 Å². The quantitative estimate of drug-likeness (QED) is 0.0199. The smallest absolute Gasteiger partial charge is 0.303 e. The van der Waals surface area contributed by atoms with Crippen LogP contribution in [0.2, 0.25) is 0 Å². The Morgan fingerprint density at radius 2 is 1.16 bits per heavy atom. The number of amides is 10. The van der Waals surface area contributed by atoms with E-state index in [0.29, 0.717) is 131 Å². The van der Waals surface area contributed by atoms with E-state index in [1.54, 1.807) is 51.9 Å². The van der Waals surface area contributed by atoms with E-state index in [0.717, 1.165) is 28.4 Å². The number of carboxylic acids is 1. The molecule has 0 saturated carbocycles. The normalized spacial score (nSPS) is 14.3. The molecule has 1 aromatic carbocycles. The fraction of sp³-hybridized carbons (Fsp3) is 0.701. The van der Waals surface area contributed by atoms with Crippen molar-refractivity contribution in [2.45, 2.75) is 174 Å². The van der Waals surface area contributed by atoms with E-state index < -0.39 is 107 Å². The summed E-state index contributed by atoms with van der Waals surface area (Å²) in [5, 5.41) is 41.2. The van der Waals surface area contributed by atoms with E-state index in [9.17, 15) is 67.7 Å². The van der Waals surface area contributed by atoms with Crippen LogP contribution in [0.15, 0.2) is 35.7 Å². The highest BCUT2D eigenvalue weighted by Crippen LogP contribution is 2.32. The lowest BCUT2D eigenvalue weighted by Gasteiger charge is -2.38. The molecule has 0 aliphatic carbocycles. The third-order valence-electron chi connectivity index (χ3n) is 18.4. The average Bonchev–Trinajstić information content (AvgIpc) is 1.16. The molecule has 2 heterocycles. The predicted molar refractivity (Wildman–Crippen MR) is 419 cm³/mol. The summed E-state index contributed by atoms with van der Waals surface area (Å²) in [7, 11) is 6.80. The van der Waals surface area contributed by atoms with Crippen LogP contribution in [-0.4, -0.2) is 310 Å². The Labute approximate surface area is 672 Å². The van der Waals surface area contributed by atoms with Crippen molar-refractivity contribution in [2.24, 2.45) is 11.8 Å². The van der Waals surface area contributed by atoms with E-state index >= 15 is 0 Å². The zero-order chi connectivity index (χ0) is 84.5. The van der Waals surface area contributed by atoms with Gasteiger partial charge in [-0.15, -0.1) is 11.3 Å². The molecular weight excluding hydrogens is 1510 g/mol. The molecule has 1 aromatic heterocycles. The van der Waals surface area contributed by atoms with Crippen molar-refractivity contribution in [3.8, 4) is 5.75 Å². The SMILES string of the molecule is CC[C@H](C)[C@H](NC(=O)C(C)(C)N(C)C)C(=O)N(C)[C@H](C[C@@H](OC(C)=O)c1nc(C(=O)N[C@H](CCC(=O)O)Cc2ccc(O)c(NC(=O)[C@H](C)NC(=O)[C@H](C)NC(=O)[C@H](CCCCNC(=O)COCCOCCOCCOCCOCCOCCOCCOCCOCCOC)NC(=O)CCCN3C(=O)C=CC3=O)c2)cs1)C(C)C. The van der Waals surface area contributed by atoms with Crippen LogP contribution in [0, 0.1) is 11.8 Å². The number of methoxy groups -OCH3 is 1. The highest BCUT2D eigenvalue weighted by molar-refractivity contribution is 7.09. The molecule has 10 amide bonds. The minimum atomic E-state index is -1.28. The lowest BCUT2D eigenvalue weighted by Crippen LogP contribution is -2.60. The summed E-state index contributed by atoms with van der Waals surface area (Å²) in [5.74, 6) is -8.33. The Morgan fingerprint density at radius 1 is 0.632 bits per heavy atom.